The Kier molecular flexibility index (Phi) is 5.73. The minimum atomic E-state index is -3.84. The van der Waals surface area contributed by atoms with Crippen LogP contribution in [-0.2, 0) is 21.2 Å². The first kappa shape index (κ1) is 23.3. The van der Waals surface area contributed by atoms with E-state index >= 15 is 0 Å². The van der Waals surface area contributed by atoms with E-state index in [0.29, 0.717) is 41.1 Å². The Morgan fingerprint density at radius 2 is 1.76 bits per heavy atom. The highest BCUT2D eigenvalue weighted by Gasteiger charge is 2.30. The maximum Gasteiger partial charge on any atom is 0.387 e. The number of benzene rings is 2. The quantitative estimate of drug-likeness (QED) is 0.321. The normalized spacial score (nSPS) is 15.7. The van der Waals surface area contributed by atoms with E-state index in [1.807, 2.05) is 22.7 Å². The number of pyridine rings is 1. The van der Waals surface area contributed by atoms with Crippen LogP contribution in [0.2, 0.25) is 0 Å². The molecule has 0 fully saturated rings. The molecule has 0 amide bonds. The molecule has 2 aromatic carbocycles. The second-order valence-electron chi connectivity index (χ2n) is 8.43. The number of aromatic nitrogens is 4. The molecular formula is C26H20F2N4O4S. The summed E-state index contributed by atoms with van der Waals surface area (Å²) in [5, 5.41) is 4.09. The molecule has 1 unspecified atom stereocenters. The zero-order chi connectivity index (χ0) is 25.6. The van der Waals surface area contributed by atoms with Gasteiger partial charge < -0.3 is 13.9 Å². The van der Waals surface area contributed by atoms with Crippen molar-refractivity contribution in [3.8, 4) is 16.9 Å². The second kappa shape index (κ2) is 9.09. The minimum Gasteiger partial charge on any atom is -0.434 e. The van der Waals surface area contributed by atoms with Crippen LogP contribution < -0.4 is 4.74 Å². The molecule has 188 valence electrons. The van der Waals surface area contributed by atoms with Gasteiger partial charge in [-0.1, -0.05) is 36.4 Å². The number of rotatable bonds is 6. The number of imidazole rings is 1. The predicted octanol–water partition coefficient (Wildman–Crippen LogP) is 4.70. The molecule has 0 N–H and O–H groups in total. The van der Waals surface area contributed by atoms with Gasteiger partial charge >= 0.3 is 6.61 Å². The van der Waals surface area contributed by atoms with Crippen molar-refractivity contribution in [3.05, 3.63) is 102 Å². The summed E-state index contributed by atoms with van der Waals surface area (Å²) >= 11 is 0. The molecule has 1 atom stereocenters. The lowest BCUT2D eigenvalue weighted by molar-refractivity contribution is -0.0522. The fraction of sp³-hybridized carbons (Fsp3) is 0.154. The molecule has 5 aromatic rings. The highest BCUT2D eigenvalue weighted by atomic mass is 32.2. The smallest absolute Gasteiger partial charge is 0.387 e. The summed E-state index contributed by atoms with van der Waals surface area (Å²) in [6, 6.07) is 18.2. The van der Waals surface area contributed by atoms with Crippen molar-refractivity contribution in [3.63, 3.8) is 0 Å². The van der Waals surface area contributed by atoms with Crippen molar-refractivity contribution in [2.24, 2.45) is 0 Å². The van der Waals surface area contributed by atoms with Crippen molar-refractivity contribution in [2.45, 2.75) is 24.0 Å². The maximum atomic E-state index is 13.1. The summed E-state index contributed by atoms with van der Waals surface area (Å²) < 4.78 is 65.6. The van der Waals surface area contributed by atoms with E-state index in [4.69, 9.17) is 14.5 Å². The van der Waals surface area contributed by atoms with Gasteiger partial charge in [0, 0.05) is 29.3 Å². The Morgan fingerprint density at radius 3 is 2.57 bits per heavy atom. The van der Waals surface area contributed by atoms with Crippen LogP contribution in [-0.4, -0.2) is 40.2 Å². The molecule has 8 nitrogen and oxygen atoms in total. The molecule has 1 aliphatic heterocycles. The van der Waals surface area contributed by atoms with E-state index in [1.54, 1.807) is 36.4 Å². The van der Waals surface area contributed by atoms with Crippen molar-refractivity contribution >= 4 is 15.7 Å². The van der Waals surface area contributed by atoms with Crippen LogP contribution >= 0.6 is 0 Å². The first-order valence-corrected chi connectivity index (χ1v) is 12.9. The molecule has 37 heavy (non-hydrogen) atoms. The van der Waals surface area contributed by atoms with Crippen molar-refractivity contribution in [1.82, 2.24) is 18.6 Å². The molecule has 0 saturated carbocycles. The lowest BCUT2D eigenvalue weighted by Gasteiger charge is -2.25. The monoisotopic (exact) mass is 522 g/mol. The van der Waals surface area contributed by atoms with Gasteiger partial charge in [-0.15, -0.1) is 0 Å². The fourth-order valence-corrected chi connectivity index (χ4v) is 5.66. The van der Waals surface area contributed by atoms with E-state index in [-0.39, 0.29) is 10.6 Å². The summed E-state index contributed by atoms with van der Waals surface area (Å²) in [5.41, 5.74) is 3.90. The Morgan fingerprint density at radius 1 is 0.973 bits per heavy atom. The van der Waals surface area contributed by atoms with Crippen molar-refractivity contribution in [1.29, 1.82) is 0 Å². The number of para-hydroxylation sites is 1. The van der Waals surface area contributed by atoms with Crippen molar-refractivity contribution in [2.75, 3.05) is 6.61 Å². The van der Waals surface area contributed by atoms with E-state index in [1.165, 1.54) is 30.6 Å². The molecule has 0 bridgehead atoms. The number of hydrogen-bond donors (Lipinski definition) is 0. The molecule has 1 aliphatic rings. The summed E-state index contributed by atoms with van der Waals surface area (Å²) in [5.74, 6) is 0.0360. The standard InChI is InChI=1S/C26H20F2N4O4S/c27-26(28)36-22-9-5-4-8-20(22)25-24-21(12-13-35-25)30-23-11-10-17(15-31(23)24)18-14-29-32(16-18)37(33,34)19-6-2-1-3-7-19/h1-11,14-16,25-26H,12-13H2. The molecule has 0 radical (unpaired) electrons. The number of nitrogens with zero attached hydrogens (tertiary/aromatic N) is 4. The van der Waals surface area contributed by atoms with Crippen LogP contribution in [0.15, 0.2) is 90.2 Å². The lowest BCUT2D eigenvalue weighted by atomic mass is 10.0. The summed E-state index contributed by atoms with van der Waals surface area (Å²) in [6.45, 7) is -2.59. The third kappa shape index (κ3) is 4.15. The second-order valence-corrected chi connectivity index (χ2v) is 10.2. The zero-order valence-corrected chi connectivity index (χ0v) is 20.1. The zero-order valence-electron chi connectivity index (χ0n) is 19.2. The van der Waals surface area contributed by atoms with Crippen molar-refractivity contribution < 1.29 is 26.7 Å². The van der Waals surface area contributed by atoms with Gasteiger partial charge in [0.2, 0.25) is 0 Å². The summed E-state index contributed by atoms with van der Waals surface area (Å²) in [4.78, 5) is 4.85. The number of hydrogen-bond acceptors (Lipinski definition) is 6. The van der Waals surface area contributed by atoms with Crippen LogP contribution in [0, 0.1) is 0 Å². The molecule has 0 aliphatic carbocycles. The number of fused-ring (bicyclic) bond motifs is 3. The van der Waals surface area contributed by atoms with Crippen LogP contribution in [0.5, 0.6) is 5.75 Å². The minimum absolute atomic E-state index is 0.0360. The van der Waals surface area contributed by atoms with Gasteiger partial charge in [0.05, 0.1) is 35.3 Å². The number of halogens is 2. The first-order chi connectivity index (χ1) is 17.9. The van der Waals surface area contributed by atoms with Crippen LogP contribution in [0.4, 0.5) is 8.78 Å². The Bertz CT molecular complexity index is 1700. The fourth-order valence-electron chi connectivity index (χ4n) is 4.52. The Balaban J connectivity index is 1.42. The van der Waals surface area contributed by atoms with Crippen LogP contribution in [0.3, 0.4) is 0 Å². The van der Waals surface area contributed by atoms with E-state index in [9.17, 15) is 17.2 Å². The molecule has 6 rings (SSSR count). The van der Waals surface area contributed by atoms with Crippen LogP contribution in [0.25, 0.3) is 16.8 Å². The summed E-state index contributed by atoms with van der Waals surface area (Å²) in [6.07, 6.45) is 4.63. The Hall–Kier alpha value is -4.09. The third-order valence-corrected chi connectivity index (χ3v) is 7.76. The third-order valence-electron chi connectivity index (χ3n) is 6.20. The first-order valence-electron chi connectivity index (χ1n) is 11.4. The van der Waals surface area contributed by atoms with Gasteiger partial charge in [-0.05, 0) is 30.3 Å². The van der Waals surface area contributed by atoms with Gasteiger partial charge in [-0.2, -0.15) is 26.4 Å². The molecular weight excluding hydrogens is 502 g/mol. The SMILES string of the molecule is O=S(=O)(c1ccccc1)n1cc(-c2ccc3nc4c(n3c2)C(c2ccccc2OC(F)F)OCC4)cn1. The van der Waals surface area contributed by atoms with Gasteiger partial charge in [-0.25, -0.2) is 4.98 Å². The van der Waals surface area contributed by atoms with Gasteiger partial charge in [0.1, 0.15) is 17.5 Å². The highest BCUT2D eigenvalue weighted by Crippen LogP contribution is 2.38. The average Bonchev–Trinajstić information content (AvgIpc) is 3.55. The van der Waals surface area contributed by atoms with E-state index < -0.39 is 22.7 Å². The highest BCUT2D eigenvalue weighted by molar-refractivity contribution is 7.89. The molecule has 0 saturated heterocycles. The lowest BCUT2D eigenvalue weighted by Crippen LogP contribution is -2.20. The topological polar surface area (TPSA) is 87.7 Å². The molecule has 3 aromatic heterocycles. The van der Waals surface area contributed by atoms with E-state index in [2.05, 4.69) is 5.10 Å². The molecule has 11 heteroatoms. The van der Waals surface area contributed by atoms with Gasteiger partial charge in [0.25, 0.3) is 10.0 Å². The number of ether oxygens (including phenoxy) is 2. The number of alkyl halides is 2. The van der Waals surface area contributed by atoms with Gasteiger partial charge in [-0.3, -0.25) is 0 Å². The van der Waals surface area contributed by atoms with Gasteiger partial charge in [0.15, 0.2) is 0 Å². The largest absolute Gasteiger partial charge is 0.434 e. The summed E-state index contributed by atoms with van der Waals surface area (Å²) in [7, 11) is -3.84. The predicted molar refractivity (Wildman–Crippen MR) is 130 cm³/mol. The van der Waals surface area contributed by atoms with E-state index in [0.717, 1.165) is 9.78 Å². The average molecular weight is 523 g/mol. The van der Waals surface area contributed by atoms with Crippen LogP contribution in [0.1, 0.15) is 23.1 Å². The maximum absolute atomic E-state index is 13.1. The Labute approximate surface area is 210 Å². The molecule has 0 spiro atoms. The molecule has 4 heterocycles.